The number of primary amides is 2. The van der Waals surface area contributed by atoms with Crippen LogP contribution < -0.4 is 43.8 Å². The number of carboxylic acids is 1. The molecule has 0 fully saturated rings. The second kappa shape index (κ2) is 17.3. The summed E-state index contributed by atoms with van der Waals surface area (Å²) in [5.74, 6) is -6.98. The molecule has 4 atom stereocenters. The molecule has 0 radical (unpaired) electrons. The molecule has 0 aliphatic carbocycles. The van der Waals surface area contributed by atoms with Gasteiger partial charge in [-0.2, -0.15) is 0 Å². The van der Waals surface area contributed by atoms with Crippen molar-refractivity contribution >= 4 is 47.3 Å². The van der Waals surface area contributed by atoms with Crippen molar-refractivity contribution in [1.82, 2.24) is 26.6 Å². The highest BCUT2D eigenvalue weighted by Gasteiger charge is 2.25. The summed E-state index contributed by atoms with van der Waals surface area (Å²) in [4.78, 5) is 94.4. The van der Waals surface area contributed by atoms with Gasteiger partial charge in [0.1, 0.15) is 18.1 Å². The highest BCUT2D eigenvalue weighted by atomic mass is 16.4. The summed E-state index contributed by atoms with van der Waals surface area (Å²) in [6, 6.07) is -4.61. The van der Waals surface area contributed by atoms with Crippen LogP contribution in [0, 0.1) is 5.92 Å². The van der Waals surface area contributed by atoms with Gasteiger partial charge in [0.25, 0.3) is 0 Å². The van der Waals surface area contributed by atoms with Crippen LogP contribution >= 0.6 is 0 Å². The lowest BCUT2D eigenvalue weighted by Gasteiger charge is -2.20. The van der Waals surface area contributed by atoms with Crippen LogP contribution in [0.3, 0.4) is 0 Å². The van der Waals surface area contributed by atoms with Crippen LogP contribution in [-0.4, -0.2) is 89.7 Å². The molecule has 0 heterocycles. The van der Waals surface area contributed by atoms with Gasteiger partial charge in [-0.05, 0) is 25.7 Å². The first-order chi connectivity index (χ1) is 18.0. The van der Waals surface area contributed by atoms with Gasteiger partial charge in [-0.25, -0.2) is 4.79 Å². The molecule has 0 aromatic carbocycles. The minimum Gasteiger partial charge on any atom is -0.480 e. The van der Waals surface area contributed by atoms with Crippen molar-refractivity contribution in [3.05, 3.63) is 0 Å². The lowest BCUT2D eigenvalue weighted by atomic mass is 10.0. The molecule has 0 aromatic rings. The fraction of sp³-hybridized carbons (Fsp3) is 0.636. The van der Waals surface area contributed by atoms with E-state index in [-0.39, 0.29) is 31.6 Å². The number of nitrogens with two attached hydrogens (primary N) is 3. The van der Waals surface area contributed by atoms with Crippen LogP contribution in [0.1, 0.15) is 46.5 Å². The summed E-state index contributed by atoms with van der Waals surface area (Å²) < 4.78 is 0. The van der Waals surface area contributed by atoms with Crippen molar-refractivity contribution in [2.24, 2.45) is 23.1 Å². The van der Waals surface area contributed by atoms with E-state index in [1.807, 2.05) is 0 Å². The minimum atomic E-state index is -1.43. The fourth-order valence-corrected chi connectivity index (χ4v) is 2.88. The molecule has 220 valence electrons. The molecule has 7 amide bonds. The summed E-state index contributed by atoms with van der Waals surface area (Å²) in [5, 5.41) is 20.4. The summed E-state index contributed by atoms with van der Waals surface area (Å²) in [6.45, 7) is 3.58. The zero-order chi connectivity index (χ0) is 30.3. The van der Waals surface area contributed by atoms with Gasteiger partial charge in [0, 0.05) is 12.8 Å². The Labute approximate surface area is 224 Å². The predicted molar refractivity (Wildman–Crippen MR) is 135 cm³/mol. The summed E-state index contributed by atoms with van der Waals surface area (Å²) in [7, 11) is 0. The Morgan fingerprint density at radius 1 is 0.667 bits per heavy atom. The van der Waals surface area contributed by atoms with Crippen LogP contribution in [0.2, 0.25) is 0 Å². The monoisotopic (exact) mass is 558 g/mol. The standard InChI is InChI=1S/C22H38N8O9/c1-10(2)18(25)21(37)28-11(3)19(35)26-8-16(33)29-12(4-6-14(23)31)20(36)27-9-17(34)30-13(22(38)39)5-7-15(24)32/h10-13,18H,4-9,25H2,1-3H3,(H2,23,31)(H2,24,32)(H,26,35)(H,27,36)(H,28,37)(H,29,33)(H,30,34)(H,38,39)/t11-,12-,13-,18-/m0/s1. The molecule has 0 aliphatic rings. The number of amides is 7. The number of hydrogen-bond acceptors (Lipinski definition) is 9. The zero-order valence-electron chi connectivity index (χ0n) is 22.1. The Hall–Kier alpha value is -4.28. The third kappa shape index (κ3) is 14.9. The Morgan fingerprint density at radius 3 is 1.54 bits per heavy atom. The molecular weight excluding hydrogens is 520 g/mol. The molecule has 12 N–H and O–H groups in total. The second-order valence-electron chi connectivity index (χ2n) is 9.02. The van der Waals surface area contributed by atoms with Gasteiger partial charge in [0.2, 0.25) is 41.4 Å². The second-order valence-corrected chi connectivity index (χ2v) is 9.02. The van der Waals surface area contributed by atoms with Gasteiger partial charge >= 0.3 is 5.97 Å². The molecule has 0 saturated heterocycles. The van der Waals surface area contributed by atoms with Crippen molar-refractivity contribution < 1.29 is 43.5 Å². The van der Waals surface area contributed by atoms with Crippen LogP contribution in [0.5, 0.6) is 0 Å². The summed E-state index contributed by atoms with van der Waals surface area (Å²) in [5.41, 5.74) is 15.8. The quantitative estimate of drug-likeness (QED) is 0.0774. The maximum Gasteiger partial charge on any atom is 0.326 e. The number of rotatable bonds is 18. The van der Waals surface area contributed by atoms with E-state index < -0.39 is 84.6 Å². The van der Waals surface area contributed by atoms with E-state index >= 15 is 0 Å². The van der Waals surface area contributed by atoms with E-state index in [9.17, 15) is 38.4 Å². The molecule has 0 rings (SSSR count). The third-order valence-electron chi connectivity index (χ3n) is 5.26. The first kappa shape index (κ1) is 34.7. The Morgan fingerprint density at radius 2 is 1.10 bits per heavy atom. The van der Waals surface area contributed by atoms with Gasteiger partial charge in [0.05, 0.1) is 19.1 Å². The average molecular weight is 559 g/mol. The van der Waals surface area contributed by atoms with Gasteiger partial charge in [-0.15, -0.1) is 0 Å². The summed E-state index contributed by atoms with van der Waals surface area (Å²) >= 11 is 0. The molecular formula is C22H38N8O9. The summed E-state index contributed by atoms with van der Waals surface area (Å²) in [6.07, 6.45) is -1.10. The number of nitrogens with one attached hydrogen (secondary N) is 5. The fourth-order valence-electron chi connectivity index (χ4n) is 2.88. The Kier molecular flexibility index (Phi) is 15.4. The lowest BCUT2D eigenvalue weighted by Crippen LogP contribution is -2.54. The first-order valence-corrected chi connectivity index (χ1v) is 12.0. The highest BCUT2D eigenvalue weighted by Crippen LogP contribution is 2.00. The Balaban J connectivity index is 4.95. The van der Waals surface area contributed by atoms with Crippen LogP contribution in [0.15, 0.2) is 0 Å². The van der Waals surface area contributed by atoms with Crippen LogP contribution in [0.25, 0.3) is 0 Å². The average Bonchev–Trinajstić information content (AvgIpc) is 2.84. The van der Waals surface area contributed by atoms with Crippen LogP contribution in [0.4, 0.5) is 0 Å². The molecule has 0 unspecified atom stereocenters. The van der Waals surface area contributed by atoms with E-state index in [0.717, 1.165) is 0 Å². The maximum absolute atomic E-state index is 12.5. The van der Waals surface area contributed by atoms with Crippen molar-refractivity contribution in [2.45, 2.75) is 70.6 Å². The predicted octanol–water partition coefficient (Wildman–Crippen LogP) is -4.71. The van der Waals surface area contributed by atoms with E-state index in [1.54, 1.807) is 13.8 Å². The van der Waals surface area contributed by atoms with Gasteiger partial charge in [0.15, 0.2) is 0 Å². The molecule has 0 saturated carbocycles. The van der Waals surface area contributed by atoms with E-state index in [0.29, 0.717) is 0 Å². The maximum atomic E-state index is 12.5. The molecule has 17 nitrogen and oxygen atoms in total. The smallest absolute Gasteiger partial charge is 0.326 e. The van der Waals surface area contributed by atoms with Crippen molar-refractivity contribution in [3.8, 4) is 0 Å². The van der Waals surface area contributed by atoms with E-state index in [4.69, 9.17) is 22.3 Å². The van der Waals surface area contributed by atoms with Crippen molar-refractivity contribution in [1.29, 1.82) is 0 Å². The third-order valence-corrected chi connectivity index (χ3v) is 5.26. The number of aliphatic carboxylic acids is 1. The van der Waals surface area contributed by atoms with Gasteiger partial charge in [-0.1, -0.05) is 13.8 Å². The molecule has 0 spiro atoms. The largest absolute Gasteiger partial charge is 0.480 e. The van der Waals surface area contributed by atoms with Gasteiger partial charge < -0.3 is 48.9 Å². The molecule has 0 aromatic heterocycles. The zero-order valence-corrected chi connectivity index (χ0v) is 22.1. The number of carboxylic acid groups (broad SMARTS) is 1. The first-order valence-electron chi connectivity index (χ1n) is 12.0. The molecule has 0 bridgehead atoms. The van der Waals surface area contributed by atoms with Crippen LogP contribution in [-0.2, 0) is 38.4 Å². The minimum absolute atomic E-state index is 0.166. The topological polar surface area (TPSA) is 295 Å². The SMILES string of the molecule is CC(C)[C@H](N)C(=O)N[C@@H](C)C(=O)NCC(=O)N[C@@H](CCC(N)=O)C(=O)NCC(=O)N[C@@H](CCC(N)=O)C(=O)O. The normalized spacial score (nSPS) is 13.7. The number of hydrogen-bond donors (Lipinski definition) is 9. The van der Waals surface area contributed by atoms with E-state index in [1.165, 1.54) is 6.92 Å². The number of carbonyl (C=O) groups is 8. The lowest BCUT2D eigenvalue weighted by molar-refractivity contribution is -0.142. The van der Waals surface area contributed by atoms with Gasteiger partial charge in [-0.3, -0.25) is 33.6 Å². The van der Waals surface area contributed by atoms with Crippen molar-refractivity contribution in [3.63, 3.8) is 0 Å². The molecule has 17 heteroatoms. The molecule has 0 aliphatic heterocycles. The Bertz CT molecular complexity index is 940. The van der Waals surface area contributed by atoms with E-state index in [2.05, 4.69) is 26.6 Å². The van der Waals surface area contributed by atoms with Crippen molar-refractivity contribution in [2.75, 3.05) is 13.1 Å². The number of carbonyl (C=O) groups excluding carboxylic acids is 7. The highest BCUT2D eigenvalue weighted by molar-refractivity contribution is 5.94. The molecule has 39 heavy (non-hydrogen) atoms.